The maximum Gasteiger partial charge on any atom is 0.166 e. The Balaban J connectivity index is 0.00000288. The van der Waals surface area contributed by atoms with Gasteiger partial charge in [-0.05, 0) is 18.2 Å². The van der Waals surface area contributed by atoms with Crippen LogP contribution in [0.4, 0.5) is 0 Å². The minimum Gasteiger partial charge on any atom is -0.493 e. The Bertz CT molecular complexity index is 677. The first-order chi connectivity index (χ1) is 11.2. The third kappa shape index (κ3) is 5.60. The van der Waals surface area contributed by atoms with Gasteiger partial charge in [-0.15, -0.1) is 19.0 Å². The molecule has 2 aromatic rings. The Morgan fingerprint density at radius 3 is 2.62 bits per heavy atom. The van der Waals surface area contributed by atoms with Crippen LogP contribution in [0.5, 0.6) is 11.5 Å². The molecule has 0 atom stereocenters. The molecule has 0 fully saturated rings. The minimum atomic E-state index is 0. The van der Waals surface area contributed by atoms with Gasteiger partial charge in [0.25, 0.3) is 0 Å². The van der Waals surface area contributed by atoms with Crippen LogP contribution in [0.25, 0.3) is 0 Å². The van der Waals surface area contributed by atoms with Gasteiger partial charge in [-0.2, -0.15) is 0 Å². The lowest BCUT2D eigenvalue weighted by molar-refractivity contribution is 0.281. The van der Waals surface area contributed by atoms with E-state index >= 15 is 0 Å². The van der Waals surface area contributed by atoms with Crippen LogP contribution in [0, 0.1) is 0 Å². The lowest BCUT2D eigenvalue weighted by Gasteiger charge is -2.16. The van der Waals surface area contributed by atoms with Crippen molar-refractivity contribution in [2.45, 2.75) is 13.2 Å². The molecule has 1 N–H and O–H groups in total. The minimum absolute atomic E-state index is 0. The van der Waals surface area contributed by atoms with E-state index in [1.165, 1.54) is 0 Å². The summed E-state index contributed by atoms with van der Waals surface area (Å²) in [6, 6.07) is 11.2. The Morgan fingerprint density at radius 1 is 1.17 bits per heavy atom. The van der Waals surface area contributed by atoms with E-state index in [4.69, 9.17) is 32.7 Å². The standard InChI is InChI=1S/C18H19Cl2NO2.ClH/c1-3-9-21-11-13-5-4-6-17(22-2)18(13)23-12-14-7-8-15(19)10-16(14)20;/h3-8,10,21H,1,9,11-12H2,2H3;1H. The normalized spacial score (nSPS) is 9.96. The number of rotatable bonds is 8. The van der Waals surface area contributed by atoms with Crippen molar-refractivity contribution in [3.8, 4) is 11.5 Å². The molecule has 0 radical (unpaired) electrons. The summed E-state index contributed by atoms with van der Waals surface area (Å²) in [7, 11) is 1.62. The third-order valence-electron chi connectivity index (χ3n) is 3.27. The molecule has 0 aliphatic rings. The predicted molar refractivity (Wildman–Crippen MR) is 103 cm³/mol. The average molecular weight is 389 g/mol. The zero-order valence-electron chi connectivity index (χ0n) is 13.4. The van der Waals surface area contributed by atoms with E-state index in [-0.39, 0.29) is 12.4 Å². The molecule has 24 heavy (non-hydrogen) atoms. The van der Waals surface area contributed by atoms with E-state index in [9.17, 15) is 0 Å². The second-order valence-corrected chi connectivity index (χ2v) is 5.74. The zero-order valence-corrected chi connectivity index (χ0v) is 15.7. The van der Waals surface area contributed by atoms with Gasteiger partial charge in [0.2, 0.25) is 0 Å². The first-order valence-corrected chi connectivity index (χ1v) is 7.95. The van der Waals surface area contributed by atoms with Crippen molar-refractivity contribution in [1.82, 2.24) is 5.32 Å². The largest absolute Gasteiger partial charge is 0.493 e. The molecule has 0 unspecified atom stereocenters. The molecule has 0 bridgehead atoms. The van der Waals surface area contributed by atoms with Gasteiger partial charge in [-0.3, -0.25) is 0 Å². The summed E-state index contributed by atoms with van der Waals surface area (Å²) in [5.74, 6) is 1.39. The van der Waals surface area contributed by atoms with E-state index in [1.807, 2.05) is 30.3 Å². The van der Waals surface area contributed by atoms with Gasteiger partial charge >= 0.3 is 0 Å². The summed E-state index contributed by atoms with van der Waals surface area (Å²) < 4.78 is 11.4. The van der Waals surface area contributed by atoms with Crippen molar-refractivity contribution < 1.29 is 9.47 Å². The fourth-order valence-corrected chi connectivity index (χ4v) is 2.59. The lowest BCUT2D eigenvalue weighted by Crippen LogP contribution is -2.14. The number of hydrogen-bond donors (Lipinski definition) is 1. The fourth-order valence-electron chi connectivity index (χ4n) is 2.12. The van der Waals surface area contributed by atoms with Gasteiger partial charge in [0, 0.05) is 34.3 Å². The second kappa shape index (κ2) is 10.5. The van der Waals surface area contributed by atoms with Crippen LogP contribution in [-0.2, 0) is 13.2 Å². The van der Waals surface area contributed by atoms with Crippen LogP contribution in [0.15, 0.2) is 49.1 Å². The highest BCUT2D eigenvalue weighted by Gasteiger charge is 2.11. The molecular formula is C18H20Cl3NO2. The molecule has 0 aromatic heterocycles. The first-order valence-electron chi connectivity index (χ1n) is 7.20. The summed E-state index contributed by atoms with van der Waals surface area (Å²) >= 11 is 12.1. The van der Waals surface area contributed by atoms with E-state index in [2.05, 4.69) is 11.9 Å². The third-order valence-corrected chi connectivity index (χ3v) is 3.86. The van der Waals surface area contributed by atoms with Crippen molar-refractivity contribution in [1.29, 1.82) is 0 Å². The van der Waals surface area contributed by atoms with E-state index in [1.54, 1.807) is 19.2 Å². The molecule has 0 heterocycles. The SMILES string of the molecule is C=CCNCc1cccc(OC)c1OCc1ccc(Cl)cc1Cl.Cl. The van der Waals surface area contributed by atoms with E-state index in [0.29, 0.717) is 34.7 Å². The van der Waals surface area contributed by atoms with Crippen LogP contribution in [-0.4, -0.2) is 13.7 Å². The van der Waals surface area contributed by atoms with Gasteiger partial charge in [0.1, 0.15) is 6.61 Å². The van der Waals surface area contributed by atoms with Gasteiger partial charge in [-0.1, -0.05) is 47.5 Å². The highest BCUT2D eigenvalue weighted by atomic mass is 35.5. The fraction of sp³-hybridized carbons (Fsp3) is 0.222. The number of hydrogen-bond acceptors (Lipinski definition) is 3. The van der Waals surface area contributed by atoms with Gasteiger partial charge in [0.05, 0.1) is 7.11 Å². The Labute approximate surface area is 159 Å². The Morgan fingerprint density at radius 2 is 1.96 bits per heavy atom. The number of nitrogens with one attached hydrogen (secondary N) is 1. The monoisotopic (exact) mass is 387 g/mol. The van der Waals surface area contributed by atoms with Crippen LogP contribution in [0.3, 0.4) is 0 Å². The van der Waals surface area contributed by atoms with Crippen LogP contribution >= 0.6 is 35.6 Å². The van der Waals surface area contributed by atoms with Crippen molar-refractivity contribution in [3.63, 3.8) is 0 Å². The molecule has 0 aliphatic heterocycles. The summed E-state index contributed by atoms with van der Waals surface area (Å²) in [6.07, 6.45) is 1.81. The van der Waals surface area contributed by atoms with Crippen molar-refractivity contribution in [2.75, 3.05) is 13.7 Å². The molecule has 0 saturated carbocycles. The predicted octanol–water partition coefficient (Wildman–Crippen LogP) is 5.28. The molecule has 6 heteroatoms. The maximum absolute atomic E-state index is 6.19. The Hall–Kier alpha value is -1.39. The number of benzene rings is 2. The van der Waals surface area contributed by atoms with Crippen LogP contribution < -0.4 is 14.8 Å². The highest BCUT2D eigenvalue weighted by molar-refractivity contribution is 6.35. The van der Waals surface area contributed by atoms with Crippen molar-refractivity contribution in [2.24, 2.45) is 0 Å². The average Bonchev–Trinajstić information content (AvgIpc) is 2.55. The van der Waals surface area contributed by atoms with E-state index in [0.717, 1.165) is 17.7 Å². The number of methoxy groups -OCH3 is 1. The maximum atomic E-state index is 6.19. The first kappa shape index (κ1) is 20.7. The Kier molecular flexibility index (Phi) is 9.01. The molecule has 2 aromatic carbocycles. The van der Waals surface area contributed by atoms with Crippen LogP contribution in [0.1, 0.15) is 11.1 Å². The smallest absolute Gasteiger partial charge is 0.166 e. The van der Waals surface area contributed by atoms with E-state index < -0.39 is 0 Å². The molecule has 0 spiro atoms. The quantitative estimate of drug-likeness (QED) is 0.493. The number of para-hydroxylation sites is 1. The molecule has 130 valence electrons. The molecule has 3 nitrogen and oxygen atoms in total. The van der Waals surface area contributed by atoms with Crippen LogP contribution in [0.2, 0.25) is 10.0 Å². The van der Waals surface area contributed by atoms with Crippen molar-refractivity contribution >= 4 is 35.6 Å². The summed E-state index contributed by atoms with van der Waals surface area (Å²) in [6.45, 7) is 5.42. The summed E-state index contributed by atoms with van der Waals surface area (Å²) in [4.78, 5) is 0. The van der Waals surface area contributed by atoms with Crippen molar-refractivity contribution in [3.05, 3.63) is 70.2 Å². The topological polar surface area (TPSA) is 30.5 Å². The van der Waals surface area contributed by atoms with Gasteiger partial charge < -0.3 is 14.8 Å². The molecular weight excluding hydrogens is 369 g/mol. The number of halogens is 3. The summed E-state index contributed by atoms with van der Waals surface area (Å²) in [5.41, 5.74) is 1.88. The molecule has 0 aliphatic carbocycles. The van der Waals surface area contributed by atoms with Gasteiger partial charge in [-0.25, -0.2) is 0 Å². The highest BCUT2D eigenvalue weighted by Crippen LogP contribution is 2.32. The molecule has 2 rings (SSSR count). The number of ether oxygens (including phenoxy) is 2. The lowest BCUT2D eigenvalue weighted by atomic mass is 10.1. The van der Waals surface area contributed by atoms with Gasteiger partial charge in [0.15, 0.2) is 11.5 Å². The zero-order chi connectivity index (χ0) is 16.7. The molecule has 0 amide bonds. The summed E-state index contributed by atoms with van der Waals surface area (Å²) in [5, 5.41) is 4.45. The molecule has 0 saturated heterocycles. The second-order valence-electron chi connectivity index (χ2n) is 4.89.